The van der Waals surface area contributed by atoms with Gasteiger partial charge in [0.2, 0.25) is 5.91 Å². The van der Waals surface area contributed by atoms with E-state index in [1.807, 2.05) is 41.0 Å². The Balaban J connectivity index is 1.30. The van der Waals surface area contributed by atoms with Gasteiger partial charge < -0.3 is 9.47 Å². The minimum absolute atomic E-state index is 0.131. The maximum Gasteiger partial charge on any atom is 0.416 e. The summed E-state index contributed by atoms with van der Waals surface area (Å²) in [5.41, 5.74) is 4.63. The maximum atomic E-state index is 14.4. The minimum Gasteiger partial charge on any atom is -0.340 e. The van der Waals surface area contributed by atoms with Crippen LogP contribution in [0.1, 0.15) is 52.4 Å². The number of aromatic nitrogens is 3. The summed E-state index contributed by atoms with van der Waals surface area (Å²) < 4.78 is 54.7. The van der Waals surface area contributed by atoms with E-state index in [1.54, 1.807) is 36.5 Å². The van der Waals surface area contributed by atoms with Crippen LogP contribution in [0.4, 0.5) is 17.6 Å². The van der Waals surface area contributed by atoms with E-state index in [0.29, 0.717) is 54.3 Å². The molecule has 0 fully saturated rings. The number of benzene rings is 3. The lowest BCUT2D eigenvalue weighted by Gasteiger charge is -2.29. The largest absolute Gasteiger partial charge is 0.416 e. The van der Waals surface area contributed by atoms with Crippen LogP contribution in [0.3, 0.4) is 0 Å². The van der Waals surface area contributed by atoms with Gasteiger partial charge >= 0.3 is 6.18 Å². The molecule has 0 saturated carbocycles. The number of thioether (sulfide) groups is 1. The molecule has 11 heteroatoms. The lowest BCUT2D eigenvalue weighted by Crippen LogP contribution is -2.37. The van der Waals surface area contributed by atoms with E-state index in [0.717, 1.165) is 46.5 Å². The molecule has 6 rings (SSSR count). The van der Waals surface area contributed by atoms with E-state index < -0.39 is 17.8 Å². The number of carbonyl (C=O) groups is 1. The first-order valence-corrected chi connectivity index (χ1v) is 17.0. The first-order chi connectivity index (χ1) is 23.6. The molecular formula is C38H34F4N4O2S. The highest BCUT2D eigenvalue weighted by Gasteiger charge is 2.32. The zero-order chi connectivity index (χ0) is 34.5. The number of fused-ring (bicyclic) bond motifs is 1. The number of carbonyl (C=O) groups excluding carboxylic acids is 1. The smallest absolute Gasteiger partial charge is 0.340 e. The summed E-state index contributed by atoms with van der Waals surface area (Å²) in [5, 5.41) is 0.445. The summed E-state index contributed by atoms with van der Waals surface area (Å²) in [6, 6.07) is 21.9. The number of alkyl halides is 3. The van der Waals surface area contributed by atoms with Crippen molar-refractivity contribution < 1.29 is 22.4 Å². The third-order valence-electron chi connectivity index (χ3n) is 8.74. The van der Waals surface area contributed by atoms with Gasteiger partial charge in [0.15, 0.2) is 5.16 Å². The Labute approximate surface area is 285 Å². The van der Waals surface area contributed by atoms with Crippen molar-refractivity contribution in [2.45, 2.75) is 61.8 Å². The van der Waals surface area contributed by atoms with Crippen molar-refractivity contribution in [3.63, 3.8) is 0 Å². The first kappa shape index (κ1) is 34.1. The Hall–Kier alpha value is -4.77. The highest BCUT2D eigenvalue weighted by atomic mass is 32.2. The number of amides is 1. The highest BCUT2D eigenvalue weighted by Crippen LogP contribution is 2.34. The average molecular weight is 687 g/mol. The van der Waals surface area contributed by atoms with Crippen molar-refractivity contribution >= 4 is 17.7 Å². The zero-order valence-corrected chi connectivity index (χ0v) is 27.6. The number of nitrogens with zero attached hydrogens (tertiary/aromatic N) is 4. The molecule has 1 atom stereocenters. The van der Waals surface area contributed by atoms with Crippen LogP contribution < -0.4 is 5.56 Å². The molecule has 0 spiro atoms. The lowest BCUT2D eigenvalue weighted by molar-refractivity contribution is -0.137. The maximum absolute atomic E-state index is 14.4. The monoisotopic (exact) mass is 686 g/mol. The molecule has 0 bridgehead atoms. The van der Waals surface area contributed by atoms with E-state index in [1.165, 1.54) is 36.0 Å². The average Bonchev–Trinajstić information content (AvgIpc) is 3.60. The molecule has 1 unspecified atom stereocenters. The van der Waals surface area contributed by atoms with E-state index in [-0.39, 0.29) is 17.3 Å². The van der Waals surface area contributed by atoms with Gasteiger partial charge in [-0.15, -0.1) is 0 Å². The lowest BCUT2D eigenvalue weighted by atomic mass is 9.99. The normalized spacial score (nSPS) is 13.2. The van der Waals surface area contributed by atoms with Crippen molar-refractivity contribution in [2.75, 3.05) is 7.05 Å². The van der Waals surface area contributed by atoms with E-state index >= 15 is 0 Å². The van der Waals surface area contributed by atoms with Crippen LogP contribution in [0.5, 0.6) is 0 Å². The van der Waals surface area contributed by atoms with Crippen molar-refractivity contribution in [2.24, 2.45) is 0 Å². The summed E-state index contributed by atoms with van der Waals surface area (Å²) >= 11 is 1.35. The molecule has 0 N–H and O–H groups in total. The van der Waals surface area contributed by atoms with Gasteiger partial charge in [-0.2, -0.15) is 18.2 Å². The fraction of sp³-hybridized carbons (Fsp3) is 0.263. The molecular weight excluding hydrogens is 653 g/mol. The van der Waals surface area contributed by atoms with Gasteiger partial charge in [-0.1, -0.05) is 66.4 Å². The van der Waals surface area contributed by atoms with Gasteiger partial charge in [0.1, 0.15) is 11.9 Å². The highest BCUT2D eigenvalue weighted by molar-refractivity contribution is 7.98. The standard InChI is InChI=1S/C38H34F4N4O2S/c1-45(23-27-4-3-21-43-22-27)36(48)34(20-11-25-7-12-28(13-8-25)29-14-16-30(17-15-29)38(40,41)42)46-33-6-2-5-32(33)35(47)44-37(46)49-24-26-9-18-31(39)19-10-26/h3-4,7-10,12-19,21-22,34H,2,5-6,11,20,23-24H2,1H3. The molecule has 6 nitrogen and oxygen atoms in total. The Bertz CT molecular complexity index is 1960. The second-order valence-corrected chi connectivity index (χ2v) is 13.1. The molecule has 2 heterocycles. The van der Waals surface area contributed by atoms with E-state index in [9.17, 15) is 27.2 Å². The summed E-state index contributed by atoms with van der Waals surface area (Å²) in [7, 11) is 1.75. The van der Waals surface area contributed by atoms with Crippen molar-refractivity contribution in [3.8, 4) is 11.1 Å². The first-order valence-electron chi connectivity index (χ1n) is 16.0. The molecule has 0 saturated heterocycles. The Morgan fingerprint density at radius 2 is 1.59 bits per heavy atom. The third-order valence-corrected chi connectivity index (χ3v) is 9.77. The molecule has 1 aliphatic carbocycles. The topological polar surface area (TPSA) is 68.1 Å². The van der Waals surface area contributed by atoms with Gasteiger partial charge in [0.25, 0.3) is 5.56 Å². The van der Waals surface area contributed by atoms with Crippen LogP contribution in [-0.2, 0) is 42.5 Å². The number of rotatable bonds is 11. The number of hydrogen-bond donors (Lipinski definition) is 0. The summed E-state index contributed by atoms with van der Waals surface area (Å²) in [6.45, 7) is 0.346. The van der Waals surface area contributed by atoms with Gasteiger partial charge in [-0.3, -0.25) is 14.6 Å². The molecule has 2 aromatic heterocycles. The molecule has 5 aromatic rings. The zero-order valence-electron chi connectivity index (χ0n) is 26.8. The molecule has 0 radical (unpaired) electrons. The molecule has 3 aromatic carbocycles. The number of pyridine rings is 1. The van der Waals surface area contributed by atoms with Crippen LogP contribution in [0.2, 0.25) is 0 Å². The summed E-state index contributed by atoms with van der Waals surface area (Å²) in [6.07, 6.45) is 1.97. The predicted octanol–water partition coefficient (Wildman–Crippen LogP) is 8.08. The predicted molar refractivity (Wildman–Crippen MR) is 181 cm³/mol. The van der Waals surface area contributed by atoms with E-state index in [2.05, 4.69) is 9.97 Å². The van der Waals surface area contributed by atoms with Gasteiger partial charge in [-0.25, -0.2) is 4.39 Å². The van der Waals surface area contributed by atoms with Crippen molar-refractivity contribution in [1.82, 2.24) is 19.4 Å². The summed E-state index contributed by atoms with van der Waals surface area (Å²) in [5.74, 6) is -0.0342. The third kappa shape index (κ3) is 8.10. The summed E-state index contributed by atoms with van der Waals surface area (Å²) in [4.78, 5) is 37.9. The minimum atomic E-state index is -4.40. The van der Waals surface area contributed by atoms with Crippen molar-refractivity contribution in [3.05, 3.63) is 147 Å². The quantitative estimate of drug-likeness (QED) is 0.0799. The van der Waals surface area contributed by atoms with Crippen LogP contribution in [0.25, 0.3) is 11.1 Å². The molecule has 1 amide bonds. The molecule has 252 valence electrons. The van der Waals surface area contributed by atoms with Crippen LogP contribution in [0.15, 0.2) is 107 Å². The van der Waals surface area contributed by atoms with Gasteiger partial charge in [-0.05, 0) is 90.3 Å². The fourth-order valence-corrected chi connectivity index (χ4v) is 7.19. The van der Waals surface area contributed by atoms with Crippen LogP contribution in [0, 0.1) is 5.82 Å². The van der Waals surface area contributed by atoms with Crippen LogP contribution >= 0.6 is 11.8 Å². The fourth-order valence-electron chi connectivity index (χ4n) is 6.18. The van der Waals surface area contributed by atoms with E-state index in [4.69, 9.17) is 0 Å². The van der Waals surface area contributed by atoms with Crippen LogP contribution in [-0.4, -0.2) is 32.4 Å². The van der Waals surface area contributed by atoms with Gasteiger partial charge in [0.05, 0.1) is 5.56 Å². The Morgan fingerprint density at radius 3 is 2.24 bits per heavy atom. The molecule has 0 aliphatic heterocycles. The second-order valence-electron chi connectivity index (χ2n) is 12.1. The van der Waals surface area contributed by atoms with Crippen molar-refractivity contribution in [1.29, 1.82) is 0 Å². The molecule has 1 aliphatic rings. The van der Waals surface area contributed by atoms with Gasteiger partial charge in [0, 0.05) is 43.0 Å². The molecule has 49 heavy (non-hydrogen) atoms. The Kier molecular flexibility index (Phi) is 10.3. The number of hydrogen-bond acceptors (Lipinski definition) is 5. The number of aryl methyl sites for hydroxylation is 1. The Morgan fingerprint density at radius 1 is 0.918 bits per heavy atom. The number of likely N-dealkylation sites (N-methyl/N-ethyl adjacent to an activating group) is 1. The number of halogens is 4. The SMILES string of the molecule is CN(Cc1cccnc1)C(=O)C(CCc1ccc(-c2ccc(C(F)(F)F)cc2)cc1)n1c(SCc2ccc(F)cc2)nc(=O)c2c1CCC2. The second kappa shape index (κ2) is 14.8.